The minimum absolute atomic E-state index is 0.00416. The fourth-order valence-corrected chi connectivity index (χ4v) is 6.01. The monoisotopic (exact) mass is 589 g/mol. The van der Waals surface area contributed by atoms with E-state index in [-0.39, 0.29) is 5.91 Å². The zero-order valence-corrected chi connectivity index (χ0v) is 24.7. The second kappa shape index (κ2) is 12.5. The number of nitrogens with one attached hydrogen (secondary N) is 1. The number of carbonyl (C=O) groups is 2. The lowest BCUT2D eigenvalue weighted by Gasteiger charge is -2.39. The third kappa shape index (κ3) is 6.67. The Hall–Kier alpha value is -3.58. The Morgan fingerprint density at radius 2 is 1.73 bits per heavy atom. The van der Waals surface area contributed by atoms with Crippen LogP contribution in [0.2, 0.25) is 10.0 Å². The number of hydrogen-bond acceptors (Lipinski definition) is 4. The van der Waals surface area contributed by atoms with E-state index >= 15 is 0 Å². The molecule has 1 aliphatic heterocycles. The van der Waals surface area contributed by atoms with Crippen molar-refractivity contribution in [2.75, 3.05) is 39.0 Å². The van der Waals surface area contributed by atoms with Crippen molar-refractivity contribution in [3.8, 4) is 0 Å². The van der Waals surface area contributed by atoms with Gasteiger partial charge in [-0.2, -0.15) is 0 Å². The molecule has 0 bridgehead atoms. The Kier molecular flexibility index (Phi) is 8.83. The highest BCUT2D eigenvalue weighted by Crippen LogP contribution is 2.42. The van der Waals surface area contributed by atoms with Crippen LogP contribution in [0.4, 0.5) is 5.69 Å². The molecule has 1 saturated heterocycles. The van der Waals surface area contributed by atoms with Crippen molar-refractivity contribution in [3.05, 3.63) is 111 Å². The maximum absolute atomic E-state index is 11.7. The van der Waals surface area contributed by atoms with Gasteiger partial charge in [0.1, 0.15) is 0 Å². The average Bonchev–Trinajstić information content (AvgIpc) is 3.11. The van der Waals surface area contributed by atoms with E-state index in [9.17, 15) is 14.7 Å². The number of allylic oxidation sites excluding steroid dienone is 1. The summed E-state index contributed by atoms with van der Waals surface area (Å²) in [7, 11) is 3.49. The first-order valence-electron chi connectivity index (χ1n) is 13.7. The van der Waals surface area contributed by atoms with E-state index in [1.165, 1.54) is 0 Å². The minimum Gasteiger partial charge on any atom is -0.478 e. The Morgan fingerprint density at radius 3 is 2.41 bits per heavy atom. The molecule has 0 unspecified atom stereocenters. The van der Waals surface area contributed by atoms with Crippen LogP contribution in [0.5, 0.6) is 0 Å². The number of benzene rings is 3. The first kappa shape index (κ1) is 28.9. The van der Waals surface area contributed by atoms with Crippen molar-refractivity contribution in [2.24, 2.45) is 0 Å². The van der Waals surface area contributed by atoms with Gasteiger partial charge in [0, 0.05) is 55.5 Å². The van der Waals surface area contributed by atoms with E-state index in [1.54, 1.807) is 43.3 Å². The highest BCUT2D eigenvalue weighted by atomic mass is 35.5. The van der Waals surface area contributed by atoms with Gasteiger partial charge in [-0.15, -0.1) is 0 Å². The molecule has 212 valence electrons. The number of nitrogens with zero attached hydrogens (tertiary/aromatic N) is 2. The third-order valence-electron chi connectivity index (χ3n) is 7.62. The SMILES string of the molecule is CN(C)C(=O)C=CCN1CC(Nc2ccc(C3=C(c4ccc(Cl)cc4Cl)CCCc4cc(C(=O)O)ccc43)cc2)C1. The number of likely N-dealkylation sites (N-methyl/N-ethyl adjacent to an activating group) is 1. The standard InChI is InChI=1S/C33H33Cl2N3O3/c1-37(2)31(39)7-4-16-38-19-26(20-38)36-25-12-8-21(9-13-25)32-27-14-10-23(33(40)41)17-22(27)5-3-6-29(32)28-15-11-24(34)18-30(28)35/h4,7-15,17-18,26,36H,3,5-6,16,19-20H2,1-2H3,(H,40,41). The lowest BCUT2D eigenvalue weighted by molar-refractivity contribution is -0.123. The average molecular weight is 591 g/mol. The summed E-state index contributed by atoms with van der Waals surface area (Å²) in [5, 5.41) is 14.4. The van der Waals surface area contributed by atoms with Crippen LogP contribution in [-0.4, -0.2) is 66.6 Å². The van der Waals surface area contributed by atoms with Crippen molar-refractivity contribution in [1.29, 1.82) is 0 Å². The minimum atomic E-state index is -0.924. The molecule has 6 nitrogen and oxygen atoms in total. The van der Waals surface area contributed by atoms with Crippen molar-refractivity contribution >= 4 is 51.9 Å². The molecule has 0 atom stereocenters. The maximum atomic E-state index is 11.7. The molecule has 2 aliphatic rings. The van der Waals surface area contributed by atoms with Crippen molar-refractivity contribution < 1.29 is 14.7 Å². The van der Waals surface area contributed by atoms with Gasteiger partial charge in [0.15, 0.2) is 0 Å². The number of fused-ring (bicyclic) bond motifs is 1. The zero-order valence-electron chi connectivity index (χ0n) is 23.2. The summed E-state index contributed by atoms with van der Waals surface area (Å²) in [6, 6.07) is 19.8. The molecule has 3 aromatic carbocycles. The highest BCUT2D eigenvalue weighted by Gasteiger charge is 2.26. The Labute approximate surface area is 250 Å². The van der Waals surface area contributed by atoms with Crippen molar-refractivity contribution in [2.45, 2.75) is 25.3 Å². The molecule has 3 aromatic rings. The van der Waals surface area contributed by atoms with Gasteiger partial charge in [-0.25, -0.2) is 4.79 Å². The quantitative estimate of drug-likeness (QED) is 0.285. The molecule has 5 rings (SSSR count). The number of carboxylic acid groups (broad SMARTS) is 1. The third-order valence-corrected chi connectivity index (χ3v) is 8.17. The first-order valence-corrected chi connectivity index (χ1v) is 14.5. The van der Waals surface area contributed by atoms with Gasteiger partial charge in [0.2, 0.25) is 5.91 Å². The van der Waals surface area contributed by atoms with Gasteiger partial charge in [-0.3, -0.25) is 9.69 Å². The van der Waals surface area contributed by atoms with E-state index in [0.29, 0.717) is 21.7 Å². The van der Waals surface area contributed by atoms with Gasteiger partial charge in [0.25, 0.3) is 0 Å². The van der Waals surface area contributed by atoms with Crippen LogP contribution < -0.4 is 5.32 Å². The van der Waals surface area contributed by atoms with E-state index in [1.807, 2.05) is 24.3 Å². The summed E-state index contributed by atoms with van der Waals surface area (Å²) in [6.07, 6.45) is 6.00. The lowest BCUT2D eigenvalue weighted by atomic mass is 9.87. The number of halogens is 2. The number of amides is 1. The molecule has 8 heteroatoms. The van der Waals surface area contributed by atoms with Crippen LogP contribution in [0.1, 0.15) is 45.5 Å². The molecule has 0 saturated carbocycles. The summed E-state index contributed by atoms with van der Waals surface area (Å²) in [5.41, 5.74) is 7.59. The summed E-state index contributed by atoms with van der Waals surface area (Å²) >= 11 is 12.9. The largest absolute Gasteiger partial charge is 0.478 e. The Morgan fingerprint density at radius 1 is 1.00 bits per heavy atom. The van der Waals surface area contributed by atoms with E-state index in [2.05, 4.69) is 34.5 Å². The van der Waals surface area contributed by atoms with E-state index < -0.39 is 5.97 Å². The smallest absolute Gasteiger partial charge is 0.335 e. The van der Waals surface area contributed by atoms with Crippen molar-refractivity contribution in [1.82, 2.24) is 9.80 Å². The van der Waals surface area contributed by atoms with Crippen LogP contribution in [0.3, 0.4) is 0 Å². The topological polar surface area (TPSA) is 72.9 Å². The number of carbonyl (C=O) groups excluding carboxylic acids is 1. The number of anilines is 1. The predicted octanol–water partition coefficient (Wildman–Crippen LogP) is 6.73. The van der Waals surface area contributed by atoms with Crippen LogP contribution in [-0.2, 0) is 11.2 Å². The number of carboxylic acids is 1. The number of hydrogen-bond donors (Lipinski definition) is 2. The van der Waals surface area contributed by atoms with E-state index in [0.717, 1.165) is 78.0 Å². The predicted molar refractivity (Wildman–Crippen MR) is 167 cm³/mol. The summed E-state index contributed by atoms with van der Waals surface area (Å²) in [5.74, 6) is -0.929. The molecular formula is C33H33Cl2N3O3. The number of aromatic carboxylic acids is 1. The second-order valence-corrected chi connectivity index (χ2v) is 11.6. The summed E-state index contributed by atoms with van der Waals surface area (Å²) < 4.78 is 0. The van der Waals surface area contributed by atoms with Crippen LogP contribution in [0.15, 0.2) is 72.8 Å². The molecule has 0 radical (unpaired) electrons. The number of aryl methyl sites for hydroxylation is 1. The van der Waals surface area contributed by atoms with Gasteiger partial charge in [-0.05, 0) is 89.1 Å². The second-order valence-electron chi connectivity index (χ2n) is 10.8. The Bertz CT molecular complexity index is 1520. The van der Waals surface area contributed by atoms with Gasteiger partial charge in [-0.1, -0.05) is 53.5 Å². The van der Waals surface area contributed by atoms with Crippen LogP contribution >= 0.6 is 23.2 Å². The summed E-state index contributed by atoms with van der Waals surface area (Å²) in [6.45, 7) is 2.57. The van der Waals surface area contributed by atoms with Gasteiger partial charge in [0.05, 0.1) is 11.6 Å². The molecule has 1 fully saturated rings. The molecule has 41 heavy (non-hydrogen) atoms. The molecule has 0 aromatic heterocycles. The number of rotatable bonds is 8. The molecule has 1 heterocycles. The molecule has 1 aliphatic carbocycles. The fourth-order valence-electron chi connectivity index (χ4n) is 5.48. The Balaban J connectivity index is 1.39. The number of likely N-dealkylation sites (tertiary alicyclic amines) is 1. The lowest BCUT2D eigenvalue weighted by Crippen LogP contribution is -2.54. The normalized spacial score (nSPS) is 15.8. The first-order chi connectivity index (χ1) is 19.7. The highest BCUT2D eigenvalue weighted by molar-refractivity contribution is 6.36. The molecular weight excluding hydrogens is 557 g/mol. The van der Waals surface area contributed by atoms with Gasteiger partial charge < -0.3 is 15.3 Å². The van der Waals surface area contributed by atoms with Gasteiger partial charge >= 0.3 is 5.97 Å². The fraction of sp³-hybridized carbons (Fsp3) is 0.273. The molecule has 1 amide bonds. The van der Waals surface area contributed by atoms with Crippen molar-refractivity contribution in [3.63, 3.8) is 0 Å². The molecule has 0 spiro atoms. The maximum Gasteiger partial charge on any atom is 0.335 e. The van der Waals surface area contributed by atoms with Crippen LogP contribution in [0.25, 0.3) is 11.1 Å². The zero-order chi connectivity index (χ0) is 29.1. The summed E-state index contributed by atoms with van der Waals surface area (Å²) in [4.78, 5) is 27.2. The van der Waals surface area contributed by atoms with E-state index in [4.69, 9.17) is 23.2 Å². The van der Waals surface area contributed by atoms with Crippen LogP contribution in [0, 0.1) is 0 Å². The molecule has 2 N–H and O–H groups in total.